The Kier molecular flexibility index (Phi) is 6.33. The van der Waals surface area contributed by atoms with E-state index in [0.717, 1.165) is 12.8 Å². The summed E-state index contributed by atoms with van der Waals surface area (Å²) in [5, 5.41) is 9.98. The normalized spacial score (nSPS) is 23.7. The summed E-state index contributed by atoms with van der Waals surface area (Å²) >= 11 is 0. The van der Waals surface area contributed by atoms with E-state index in [1.807, 2.05) is 0 Å². The fraction of sp³-hybridized carbons (Fsp3) is 0.647. The zero-order valence-electron chi connectivity index (χ0n) is 12.8. The molecule has 1 fully saturated rings. The molecule has 1 aromatic carbocycles. The minimum Gasteiger partial charge on any atom is -0.491 e. The number of nitrogens with two attached hydrogens (primary N) is 1. The molecular formula is C17H27NO3. The molecule has 118 valence electrons. The first kappa shape index (κ1) is 16.1. The number of nitrogen functional groups attached to an aromatic ring is 1. The second-order valence-electron chi connectivity index (χ2n) is 5.86. The Labute approximate surface area is 127 Å². The van der Waals surface area contributed by atoms with E-state index >= 15 is 0 Å². The highest BCUT2D eigenvalue weighted by Gasteiger charge is 2.24. The van der Waals surface area contributed by atoms with Gasteiger partial charge in [-0.2, -0.15) is 0 Å². The van der Waals surface area contributed by atoms with Gasteiger partial charge in [-0.15, -0.1) is 0 Å². The summed E-state index contributed by atoms with van der Waals surface area (Å²) in [6.45, 7) is 2.80. The highest BCUT2D eigenvalue weighted by atomic mass is 16.5. The number of rotatable bonds is 7. The van der Waals surface area contributed by atoms with E-state index in [-0.39, 0.29) is 6.61 Å². The van der Waals surface area contributed by atoms with Crippen molar-refractivity contribution in [3.63, 3.8) is 0 Å². The maximum absolute atomic E-state index is 9.98. The molecule has 0 saturated heterocycles. The fourth-order valence-corrected chi connectivity index (χ4v) is 2.90. The average Bonchev–Trinajstić information content (AvgIpc) is 2.52. The number of ether oxygens (including phenoxy) is 2. The molecule has 0 aliphatic heterocycles. The molecule has 0 radical (unpaired) electrons. The Balaban J connectivity index is 1.69. The van der Waals surface area contributed by atoms with Gasteiger partial charge >= 0.3 is 0 Å². The molecule has 0 heterocycles. The lowest BCUT2D eigenvalue weighted by atomic mass is 9.85. The van der Waals surface area contributed by atoms with Crippen LogP contribution < -0.4 is 10.5 Å². The lowest BCUT2D eigenvalue weighted by Gasteiger charge is -2.31. The molecule has 0 amide bonds. The smallest absolute Gasteiger partial charge is 0.119 e. The van der Waals surface area contributed by atoms with Gasteiger partial charge in [0.25, 0.3) is 0 Å². The molecule has 3 unspecified atom stereocenters. The molecule has 1 aliphatic rings. The van der Waals surface area contributed by atoms with Crippen molar-refractivity contribution in [2.45, 2.75) is 51.2 Å². The van der Waals surface area contributed by atoms with E-state index < -0.39 is 6.10 Å². The van der Waals surface area contributed by atoms with Crippen molar-refractivity contribution in [3.8, 4) is 5.75 Å². The minimum absolute atomic E-state index is 0.243. The second-order valence-corrected chi connectivity index (χ2v) is 5.86. The first-order valence-corrected chi connectivity index (χ1v) is 7.97. The Morgan fingerprint density at radius 1 is 1.19 bits per heavy atom. The zero-order chi connectivity index (χ0) is 15.1. The molecule has 3 N–H and O–H groups in total. The SMILES string of the molecule is CCC1CCCCC1OCC(O)COc1ccc(N)cc1. The molecule has 1 aliphatic carbocycles. The van der Waals surface area contributed by atoms with E-state index in [1.165, 1.54) is 19.3 Å². The Hall–Kier alpha value is -1.26. The Morgan fingerprint density at radius 2 is 1.90 bits per heavy atom. The lowest BCUT2D eigenvalue weighted by Crippen LogP contribution is -2.32. The van der Waals surface area contributed by atoms with Crippen molar-refractivity contribution in [1.29, 1.82) is 0 Å². The predicted octanol–water partition coefficient (Wildman–Crippen LogP) is 2.99. The summed E-state index contributed by atoms with van der Waals surface area (Å²) < 4.78 is 11.4. The van der Waals surface area contributed by atoms with Gasteiger partial charge in [0.15, 0.2) is 0 Å². The predicted molar refractivity (Wildman–Crippen MR) is 84.3 cm³/mol. The van der Waals surface area contributed by atoms with Crippen LogP contribution in [0.3, 0.4) is 0 Å². The van der Waals surface area contributed by atoms with Gasteiger partial charge in [-0.1, -0.05) is 26.2 Å². The number of aliphatic hydroxyl groups is 1. The van der Waals surface area contributed by atoms with Gasteiger partial charge < -0.3 is 20.3 Å². The third kappa shape index (κ3) is 5.21. The number of anilines is 1. The van der Waals surface area contributed by atoms with Crippen molar-refractivity contribution in [1.82, 2.24) is 0 Å². The van der Waals surface area contributed by atoms with Gasteiger partial charge in [0, 0.05) is 5.69 Å². The van der Waals surface area contributed by atoms with Crippen LogP contribution in [0.5, 0.6) is 5.75 Å². The third-order valence-corrected chi connectivity index (χ3v) is 4.19. The van der Waals surface area contributed by atoms with Crippen LogP contribution in [0.4, 0.5) is 5.69 Å². The van der Waals surface area contributed by atoms with Crippen molar-refractivity contribution in [3.05, 3.63) is 24.3 Å². The molecule has 4 nitrogen and oxygen atoms in total. The summed E-state index contributed by atoms with van der Waals surface area (Å²) in [4.78, 5) is 0. The van der Waals surface area contributed by atoms with Gasteiger partial charge in [0.2, 0.25) is 0 Å². The molecule has 3 atom stereocenters. The lowest BCUT2D eigenvalue weighted by molar-refractivity contribution is -0.0595. The van der Waals surface area contributed by atoms with Crippen LogP contribution in [0.2, 0.25) is 0 Å². The first-order valence-electron chi connectivity index (χ1n) is 7.97. The molecule has 0 spiro atoms. The van der Waals surface area contributed by atoms with Crippen LogP contribution in [0.15, 0.2) is 24.3 Å². The van der Waals surface area contributed by atoms with E-state index in [0.29, 0.717) is 30.1 Å². The van der Waals surface area contributed by atoms with Crippen molar-refractivity contribution < 1.29 is 14.6 Å². The molecule has 4 heteroatoms. The largest absolute Gasteiger partial charge is 0.491 e. The maximum atomic E-state index is 9.98. The topological polar surface area (TPSA) is 64.7 Å². The average molecular weight is 293 g/mol. The van der Waals surface area contributed by atoms with Gasteiger partial charge in [0.1, 0.15) is 18.5 Å². The van der Waals surface area contributed by atoms with Gasteiger partial charge in [-0.3, -0.25) is 0 Å². The molecular weight excluding hydrogens is 266 g/mol. The number of benzene rings is 1. The monoisotopic (exact) mass is 293 g/mol. The van der Waals surface area contributed by atoms with E-state index in [9.17, 15) is 5.11 Å². The van der Waals surface area contributed by atoms with E-state index in [4.69, 9.17) is 15.2 Å². The summed E-state index contributed by atoms with van der Waals surface area (Å²) in [6.07, 6.45) is 5.77. The van der Waals surface area contributed by atoms with Crippen LogP contribution in [0, 0.1) is 5.92 Å². The third-order valence-electron chi connectivity index (χ3n) is 4.19. The van der Waals surface area contributed by atoms with Crippen LogP contribution in [0.25, 0.3) is 0 Å². The van der Waals surface area contributed by atoms with Gasteiger partial charge in [0.05, 0.1) is 12.7 Å². The zero-order valence-corrected chi connectivity index (χ0v) is 12.8. The Morgan fingerprint density at radius 3 is 2.62 bits per heavy atom. The highest BCUT2D eigenvalue weighted by Crippen LogP contribution is 2.29. The van der Waals surface area contributed by atoms with Crippen molar-refractivity contribution in [2.75, 3.05) is 18.9 Å². The summed E-state index contributed by atoms with van der Waals surface area (Å²) in [7, 11) is 0. The van der Waals surface area contributed by atoms with Gasteiger partial charge in [-0.25, -0.2) is 0 Å². The first-order chi connectivity index (χ1) is 10.2. The van der Waals surface area contributed by atoms with Crippen LogP contribution >= 0.6 is 0 Å². The minimum atomic E-state index is -0.595. The summed E-state index contributed by atoms with van der Waals surface area (Å²) in [5.41, 5.74) is 6.32. The molecule has 1 aromatic rings. The maximum Gasteiger partial charge on any atom is 0.119 e. The summed E-state index contributed by atoms with van der Waals surface area (Å²) in [6, 6.07) is 7.17. The van der Waals surface area contributed by atoms with Crippen molar-refractivity contribution in [2.24, 2.45) is 5.92 Å². The van der Waals surface area contributed by atoms with E-state index in [1.54, 1.807) is 24.3 Å². The van der Waals surface area contributed by atoms with E-state index in [2.05, 4.69) is 6.92 Å². The standard InChI is InChI=1S/C17H27NO3/c1-2-13-5-3-4-6-17(13)21-12-15(19)11-20-16-9-7-14(18)8-10-16/h7-10,13,15,17,19H,2-6,11-12,18H2,1H3. The number of hydrogen-bond acceptors (Lipinski definition) is 4. The molecule has 1 saturated carbocycles. The number of aliphatic hydroxyl groups excluding tert-OH is 1. The second kappa shape index (κ2) is 8.25. The molecule has 2 rings (SSSR count). The Bertz CT molecular complexity index is 407. The van der Waals surface area contributed by atoms with Crippen molar-refractivity contribution >= 4 is 5.69 Å². The highest BCUT2D eigenvalue weighted by molar-refractivity contribution is 5.41. The molecule has 0 bridgehead atoms. The quantitative estimate of drug-likeness (QED) is 0.759. The van der Waals surface area contributed by atoms with Crippen LogP contribution in [0.1, 0.15) is 39.0 Å². The molecule has 21 heavy (non-hydrogen) atoms. The number of hydrogen-bond donors (Lipinski definition) is 2. The fourth-order valence-electron chi connectivity index (χ4n) is 2.90. The molecule has 0 aromatic heterocycles. The van der Waals surface area contributed by atoms with Crippen LogP contribution in [-0.4, -0.2) is 30.5 Å². The van der Waals surface area contributed by atoms with Gasteiger partial charge in [-0.05, 0) is 43.0 Å². The van der Waals surface area contributed by atoms with Crippen LogP contribution in [-0.2, 0) is 4.74 Å². The summed E-state index contributed by atoms with van der Waals surface area (Å²) in [5.74, 6) is 1.36.